The van der Waals surface area contributed by atoms with E-state index in [4.69, 9.17) is 5.73 Å². The summed E-state index contributed by atoms with van der Waals surface area (Å²) in [6, 6.07) is 6.91. The summed E-state index contributed by atoms with van der Waals surface area (Å²) in [7, 11) is 0. The molecule has 3 nitrogen and oxygen atoms in total. The minimum Gasteiger partial charge on any atom is -0.382 e. The standard InChI is InChI=1S/C10H7F2N3S/c11-7-2-1-6(5-8(7)12)16-10-4-3-9(13)14-15-10/h1-5H,(H2,13,14). The Kier molecular flexibility index (Phi) is 3.00. The molecule has 2 rings (SSSR count). The average Bonchev–Trinajstić information content (AvgIpc) is 2.27. The number of aromatic nitrogens is 2. The summed E-state index contributed by atoms with van der Waals surface area (Å²) in [5, 5.41) is 8.02. The van der Waals surface area contributed by atoms with Crippen molar-refractivity contribution >= 4 is 17.6 Å². The molecule has 82 valence electrons. The van der Waals surface area contributed by atoms with Crippen LogP contribution in [0.15, 0.2) is 40.3 Å². The highest BCUT2D eigenvalue weighted by Crippen LogP contribution is 2.26. The van der Waals surface area contributed by atoms with Crippen molar-refractivity contribution in [3.05, 3.63) is 42.0 Å². The van der Waals surface area contributed by atoms with Gasteiger partial charge >= 0.3 is 0 Å². The van der Waals surface area contributed by atoms with Gasteiger partial charge in [-0.15, -0.1) is 10.2 Å². The van der Waals surface area contributed by atoms with E-state index in [0.717, 1.165) is 12.1 Å². The Labute approximate surface area is 94.7 Å². The van der Waals surface area contributed by atoms with Crippen LogP contribution in [-0.4, -0.2) is 10.2 Å². The lowest BCUT2D eigenvalue weighted by molar-refractivity contribution is 0.506. The van der Waals surface area contributed by atoms with Gasteiger partial charge in [0.05, 0.1) is 0 Å². The van der Waals surface area contributed by atoms with Crippen LogP contribution in [-0.2, 0) is 0 Å². The lowest BCUT2D eigenvalue weighted by atomic mass is 10.3. The van der Waals surface area contributed by atoms with Crippen molar-refractivity contribution in [1.82, 2.24) is 10.2 Å². The molecule has 16 heavy (non-hydrogen) atoms. The van der Waals surface area contributed by atoms with Crippen LogP contribution in [0.25, 0.3) is 0 Å². The molecule has 0 saturated carbocycles. The molecule has 0 aliphatic carbocycles. The van der Waals surface area contributed by atoms with Crippen LogP contribution >= 0.6 is 11.8 Å². The van der Waals surface area contributed by atoms with Gasteiger partial charge in [-0.1, -0.05) is 11.8 Å². The van der Waals surface area contributed by atoms with Crippen LogP contribution in [0.3, 0.4) is 0 Å². The molecule has 0 saturated heterocycles. The number of nitrogens with two attached hydrogens (primary N) is 1. The number of nitrogen functional groups attached to an aromatic ring is 1. The largest absolute Gasteiger partial charge is 0.382 e. The topological polar surface area (TPSA) is 51.8 Å². The van der Waals surface area contributed by atoms with Gasteiger partial charge in [0.15, 0.2) is 11.6 Å². The SMILES string of the molecule is Nc1ccc(Sc2ccc(F)c(F)c2)nn1. The lowest BCUT2D eigenvalue weighted by Crippen LogP contribution is -1.92. The smallest absolute Gasteiger partial charge is 0.159 e. The van der Waals surface area contributed by atoms with Gasteiger partial charge in [0.2, 0.25) is 0 Å². The van der Waals surface area contributed by atoms with Crippen LogP contribution in [0.1, 0.15) is 0 Å². The van der Waals surface area contributed by atoms with Crippen LogP contribution in [0.4, 0.5) is 14.6 Å². The molecule has 0 bridgehead atoms. The fourth-order valence-corrected chi connectivity index (χ4v) is 1.80. The Hall–Kier alpha value is -1.69. The quantitative estimate of drug-likeness (QED) is 0.874. The molecule has 1 aromatic heterocycles. The number of hydrogen-bond donors (Lipinski definition) is 1. The van der Waals surface area contributed by atoms with Crippen LogP contribution < -0.4 is 5.73 Å². The Balaban J connectivity index is 2.20. The first-order valence-corrected chi connectivity index (χ1v) is 5.19. The van der Waals surface area contributed by atoms with Crippen molar-refractivity contribution in [3.63, 3.8) is 0 Å². The summed E-state index contributed by atoms with van der Waals surface area (Å²) in [4.78, 5) is 0.554. The zero-order chi connectivity index (χ0) is 11.5. The Morgan fingerprint density at radius 1 is 1.00 bits per heavy atom. The van der Waals surface area contributed by atoms with E-state index in [9.17, 15) is 8.78 Å². The maximum Gasteiger partial charge on any atom is 0.159 e. The normalized spacial score (nSPS) is 10.4. The number of rotatable bonds is 2. The van der Waals surface area contributed by atoms with Crippen molar-refractivity contribution in [2.75, 3.05) is 5.73 Å². The minimum absolute atomic E-state index is 0.314. The highest BCUT2D eigenvalue weighted by molar-refractivity contribution is 7.99. The first-order chi connectivity index (χ1) is 7.65. The molecule has 0 amide bonds. The third-order valence-electron chi connectivity index (χ3n) is 1.77. The highest BCUT2D eigenvalue weighted by Gasteiger charge is 2.04. The van der Waals surface area contributed by atoms with Gasteiger partial charge in [-0.2, -0.15) is 0 Å². The summed E-state index contributed by atoms with van der Waals surface area (Å²) < 4.78 is 25.6. The van der Waals surface area contributed by atoms with E-state index >= 15 is 0 Å². The first kappa shape index (κ1) is 10.8. The first-order valence-electron chi connectivity index (χ1n) is 4.37. The Morgan fingerprint density at radius 3 is 2.44 bits per heavy atom. The number of halogens is 2. The molecule has 0 spiro atoms. The summed E-state index contributed by atoms with van der Waals surface area (Å²) in [6.07, 6.45) is 0. The molecule has 2 N–H and O–H groups in total. The van der Waals surface area contributed by atoms with E-state index in [1.54, 1.807) is 12.1 Å². The van der Waals surface area contributed by atoms with E-state index in [-0.39, 0.29) is 0 Å². The number of anilines is 1. The predicted octanol–water partition coefficient (Wildman–Crippen LogP) is 2.49. The molecule has 0 fully saturated rings. The molecule has 2 aromatic rings. The van der Waals surface area contributed by atoms with Crippen molar-refractivity contribution in [1.29, 1.82) is 0 Å². The van der Waals surface area contributed by atoms with Crippen molar-refractivity contribution in [3.8, 4) is 0 Å². The Morgan fingerprint density at radius 2 is 1.81 bits per heavy atom. The molecule has 0 atom stereocenters. The Bertz CT molecular complexity index is 502. The van der Waals surface area contributed by atoms with Gasteiger partial charge in [-0.05, 0) is 30.3 Å². The fraction of sp³-hybridized carbons (Fsp3) is 0. The summed E-state index contributed by atoms with van der Waals surface area (Å²) in [5.74, 6) is -1.43. The monoisotopic (exact) mass is 239 g/mol. The maximum atomic E-state index is 12.9. The number of hydrogen-bond acceptors (Lipinski definition) is 4. The van der Waals surface area contributed by atoms with Gasteiger partial charge in [-0.3, -0.25) is 0 Å². The summed E-state index contributed by atoms with van der Waals surface area (Å²) >= 11 is 1.18. The van der Waals surface area contributed by atoms with E-state index < -0.39 is 11.6 Å². The maximum absolute atomic E-state index is 12.9. The van der Waals surface area contributed by atoms with Crippen molar-refractivity contribution in [2.24, 2.45) is 0 Å². The van der Waals surface area contributed by atoms with E-state index in [0.29, 0.717) is 15.7 Å². The molecule has 0 radical (unpaired) electrons. The zero-order valence-corrected chi connectivity index (χ0v) is 8.84. The van der Waals surface area contributed by atoms with Crippen molar-refractivity contribution in [2.45, 2.75) is 9.92 Å². The molecule has 0 aliphatic rings. The second-order valence-electron chi connectivity index (χ2n) is 2.97. The van der Waals surface area contributed by atoms with E-state index in [2.05, 4.69) is 10.2 Å². The highest BCUT2D eigenvalue weighted by atomic mass is 32.2. The third kappa shape index (κ3) is 2.46. The van der Waals surface area contributed by atoms with Gasteiger partial charge in [0.1, 0.15) is 10.8 Å². The van der Waals surface area contributed by atoms with Crippen LogP contribution in [0.5, 0.6) is 0 Å². The zero-order valence-electron chi connectivity index (χ0n) is 8.02. The second kappa shape index (κ2) is 4.44. The number of nitrogens with zero attached hydrogens (tertiary/aromatic N) is 2. The molecule has 1 heterocycles. The van der Waals surface area contributed by atoms with Crippen LogP contribution in [0, 0.1) is 11.6 Å². The van der Waals surface area contributed by atoms with E-state index in [1.165, 1.54) is 17.8 Å². The summed E-state index contributed by atoms with van der Waals surface area (Å²) in [6.45, 7) is 0. The minimum atomic E-state index is -0.881. The third-order valence-corrected chi connectivity index (χ3v) is 2.69. The number of benzene rings is 1. The molecule has 1 aromatic carbocycles. The molecule has 6 heteroatoms. The summed E-state index contributed by atoms with van der Waals surface area (Å²) in [5.41, 5.74) is 5.37. The fourth-order valence-electron chi connectivity index (χ4n) is 1.05. The van der Waals surface area contributed by atoms with Gasteiger partial charge in [-0.25, -0.2) is 8.78 Å². The second-order valence-corrected chi connectivity index (χ2v) is 4.07. The molecule has 0 unspecified atom stereocenters. The average molecular weight is 239 g/mol. The van der Waals surface area contributed by atoms with Crippen molar-refractivity contribution < 1.29 is 8.78 Å². The molecular weight excluding hydrogens is 232 g/mol. The lowest BCUT2D eigenvalue weighted by Gasteiger charge is -2.00. The molecular formula is C10H7F2N3S. The predicted molar refractivity (Wildman–Crippen MR) is 56.9 cm³/mol. The van der Waals surface area contributed by atoms with Gasteiger partial charge < -0.3 is 5.73 Å². The van der Waals surface area contributed by atoms with Gasteiger partial charge in [0, 0.05) is 4.90 Å². The van der Waals surface area contributed by atoms with Gasteiger partial charge in [0.25, 0.3) is 0 Å². The van der Waals surface area contributed by atoms with E-state index in [1.807, 2.05) is 0 Å². The molecule has 0 aliphatic heterocycles. The van der Waals surface area contributed by atoms with Crippen LogP contribution in [0.2, 0.25) is 0 Å².